The molecule has 2 aromatic rings. The van der Waals surface area contributed by atoms with E-state index < -0.39 is 0 Å². The lowest BCUT2D eigenvalue weighted by molar-refractivity contribution is 0.354. The zero-order valence-electron chi connectivity index (χ0n) is 16.3. The van der Waals surface area contributed by atoms with E-state index >= 15 is 0 Å². The lowest BCUT2D eigenvalue weighted by Crippen LogP contribution is -2.48. The topological polar surface area (TPSA) is 66.6 Å². The van der Waals surface area contributed by atoms with Crippen LogP contribution in [0.4, 0.5) is 5.69 Å². The van der Waals surface area contributed by atoms with Gasteiger partial charge < -0.3 is 20.1 Å². The predicted octanol–water partition coefficient (Wildman–Crippen LogP) is 3.17. The highest BCUT2D eigenvalue weighted by Gasteiger charge is 2.05. The third-order valence-corrected chi connectivity index (χ3v) is 4.48. The van der Waals surface area contributed by atoms with Crippen molar-refractivity contribution in [3.63, 3.8) is 0 Å². The first-order valence-corrected chi connectivity index (χ1v) is 9.78. The number of aryl methyl sites for hydroxylation is 1. The van der Waals surface area contributed by atoms with E-state index in [1.54, 1.807) is 14.2 Å². The molecule has 0 heterocycles. The van der Waals surface area contributed by atoms with Gasteiger partial charge in [-0.2, -0.15) is 0 Å². The van der Waals surface area contributed by atoms with Crippen LogP contribution < -0.4 is 31.0 Å². The van der Waals surface area contributed by atoms with E-state index in [0.717, 1.165) is 24.1 Å². The van der Waals surface area contributed by atoms with E-state index in [1.807, 2.05) is 30.3 Å². The molecule has 4 N–H and O–H groups in total. The second-order valence-electron chi connectivity index (χ2n) is 5.95. The average molecular weight is 419 g/mol. The maximum Gasteiger partial charge on any atom is 0.189 e. The molecule has 0 aliphatic carbocycles. The Balaban J connectivity index is 1.71. The molecule has 0 aliphatic rings. The number of hydrogen-bond donors (Lipinski definition) is 4. The van der Waals surface area contributed by atoms with Crippen molar-refractivity contribution in [1.29, 1.82) is 0 Å². The minimum atomic E-state index is 0.442. The molecule has 28 heavy (non-hydrogen) atoms. The Bertz CT molecular complexity index is 815. The summed E-state index contributed by atoms with van der Waals surface area (Å²) in [4.78, 5) is 0. The summed E-state index contributed by atoms with van der Waals surface area (Å²) in [5.41, 5.74) is 9.06. The smallest absolute Gasteiger partial charge is 0.189 e. The summed E-state index contributed by atoms with van der Waals surface area (Å²) in [5, 5.41) is 7.16. The first-order valence-electron chi connectivity index (χ1n) is 8.96. The number of anilines is 1. The van der Waals surface area contributed by atoms with E-state index in [9.17, 15) is 0 Å². The van der Waals surface area contributed by atoms with Crippen LogP contribution in [-0.2, 0) is 12.8 Å². The van der Waals surface area contributed by atoms with Crippen LogP contribution in [0, 0.1) is 0 Å². The molecule has 8 heteroatoms. The fraction of sp³-hybridized carbons (Fsp3) is 0.300. The molecule has 0 fully saturated rings. The number of methoxy groups -OCH3 is 2. The molecule has 0 saturated heterocycles. The molecule has 0 amide bonds. The number of hydrogen-bond acceptors (Lipinski definition) is 4. The molecular formula is C20H26N4O2S2. The molecule has 2 rings (SSSR count). The summed E-state index contributed by atoms with van der Waals surface area (Å²) >= 11 is 10.5. The summed E-state index contributed by atoms with van der Waals surface area (Å²) in [6, 6.07) is 14.0. The van der Waals surface area contributed by atoms with Gasteiger partial charge in [0, 0.05) is 12.2 Å². The Labute approximate surface area is 177 Å². The average Bonchev–Trinajstić information content (AvgIpc) is 2.72. The SMILES string of the molecule is CCc1cccc(NC(=S)NNC(=S)NCCc2ccc(OC)c(OC)c2)c1. The van der Waals surface area contributed by atoms with Crippen LogP contribution >= 0.6 is 24.4 Å². The zero-order valence-corrected chi connectivity index (χ0v) is 17.9. The van der Waals surface area contributed by atoms with Gasteiger partial charge in [0.25, 0.3) is 0 Å². The van der Waals surface area contributed by atoms with Crippen LogP contribution in [0.1, 0.15) is 18.1 Å². The monoisotopic (exact) mass is 418 g/mol. The van der Waals surface area contributed by atoms with Gasteiger partial charge in [0.05, 0.1) is 14.2 Å². The van der Waals surface area contributed by atoms with Gasteiger partial charge in [0.15, 0.2) is 21.7 Å². The maximum atomic E-state index is 5.32. The zero-order chi connectivity index (χ0) is 20.4. The number of thiocarbonyl (C=S) groups is 2. The predicted molar refractivity (Wildman–Crippen MR) is 122 cm³/mol. The molecule has 0 aromatic heterocycles. The summed E-state index contributed by atoms with van der Waals surface area (Å²) < 4.78 is 10.6. The molecular weight excluding hydrogens is 392 g/mol. The molecule has 0 bridgehead atoms. The van der Waals surface area contributed by atoms with Crippen molar-refractivity contribution < 1.29 is 9.47 Å². The van der Waals surface area contributed by atoms with Crippen molar-refractivity contribution in [2.24, 2.45) is 0 Å². The quantitative estimate of drug-likeness (QED) is 0.404. The number of rotatable bonds is 7. The van der Waals surface area contributed by atoms with Crippen molar-refractivity contribution in [1.82, 2.24) is 16.2 Å². The van der Waals surface area contributed by atoms with E-state index in [4.69, 9.17) is 33.9 Å². The van der Waals surface area contributed by atoms with E-state index in [0.29, 0.717) is 28.3 Å². The van der Waals surface area contributed by atoms with Crippen molar-refractivity contribution in [2.75, 3.05) is 26.1 Å². The van der Waals surface area contributed by atoms with E-state index in [2.05, 4.69) is 40.5 Å². The van der Waals surface area contributed by atoms with E-state index in [1.165, 1.54) is 5.56 Å². The molecule has 0 saturated carbocycles. The highest BCUT2D eigenvalue weighted by Crippen LogP contribution is 2.27. The normalized spacial score (nSPS) is 9.96. The molecule has 0 spiro atoms. The van der Waals surface area contributed by atoms with Gasteiger partial charge in [-0.25, -0.2) is 0 Å². The summed E-state index contributed by atoms with van der Waals surface area (Å²) in [7, 11) is 3.25. The van der Waals surface area contributed by atoms with Gasteiger partial charge >= 0.3 is 0 Å². The lowest BCUT2D eigenvalue weighted by atomic mass is 10.1. The van der Waals surface area contributed by atoms with Gasteiger partial charge in [-0.15, -0.1) is 0 Å². The van der Waals surface area contributed by atoms with Gasteiger partial charge in [-0.05, 0) is 72.7 Å². The first-order chi connectivity index (χ1) is 13.5. The second-order valence-corrected chi connectivity index (χ2v) is 6.77. The largest absolute Gasteiger partial charge is 0.493 e. The Morgan fingerprint density at radius 3 is 2.36 bits per heavy atom. The minimum absolute atomic E-state index is 0.442. The summed E-state index contributed by atoms with van der Waals surface area (Å²) in [6.45, 7) is 2.78. The van der Waals surface area contributed by atoms with Crippen molar-refractivity contribution >= 4 is 40.3 Å². The molecule has 0 radical (unpaired) electrons. The second kappa shape index (κ2) is 11.3. The number of ether oxygens (including phenoxy) is 2. The molecule has 0 unspecified atom stereocenters. The van der Waals surface area contributed by atoms with Gasteiger partial charge in [0.2, 0.25) is 0 Å². The van der Waals surface area contributed by atoms with Crippen LogP contribution in [0.25, 0.3) is 0 Å². The highest BCUT2D eigenvalue weighted by atomic mass is 32.1. The first kappa shape index (κ1) is 21.7. The minimum Gasteiger partial charge on any atom is -0.493 e. The third kappa shape index (κ3) is 6.86. The number of nitrogens with one attached hydrogen (secondary N) is 4. The summed E-state index contributed by atoms with van der Waals surface area (Å²) in [6.07, 6.45) is 1.76. The maximum absolute atomic E-state index is 5.32. The number of hydrazine groups is 1. The Hall–Kier alpha value is -2.58. The molecule has 2 aromatic carbocycles. The molecule has 6 nitrogen and oxygen atoms in total. The molecule has 0 atom stereocenters. The van der Waals surface area contributed by atoms with Gasteiger partial charge in [0.1, 0.15) is 0 Å². The van der Waals surface area contributed by atoms with Crippen molar-refractivity contribution in [3.8, 4) is 11.5 Å². The van der Waals surface area contributed by atoms with E-state index in [-0.39, 0.29) is 0 Å². The van der Waals surface area contributed by atoms with Crippen LogP contribution in [0.5, 0.6) is 11.5 Å². The standard InChI is InChI=1S/C20H26N4O2S2/c1-4-14-6-5-7-16(12-14)22-20(28)24-23-19(27)21-11-10-15-8-9-17(25-2)18(13-15)26-3/h5-9,12-13H,4,10-11H2,1-3H3,(H2,21,23,27)(H2,22,24,28). The van der Waals surface area contributed by atoms with Crippen LogP contribution in [0.2, 0.25) is 0 Å². The number of benzene rings is 2. The fourth-order valence-electron chi connectivity index (χ4n) is 2.55. The van der Waals surface area contributed by atoms with Crippen LogP contribution in [0.3, 0.4) is 0 Å². The molecule has 0 aliphatic heterocycles. The Morgan fingerprint density at radius 2 is 1.64 bits per heavy atom. The Morgan fingerprint density at radius 1 is 0.893 bits per heavy atom. The fourth-order valence-corrected chi connectivity index (χ4v) is 2.87. The lowest BCUT2D eigenvalue weighted by Gasteiger charge is -2.15. The van der Waals surface area contributed by atoms with Gasteiger partial charge in [-0.3, -0.25) is 10.9 Å². The van der Waals surface area contributed by atoms with Crippen LogP contribution in [-0.4, -0.2) is 31.0 Å². The Kier molecular flexibility index (Phi) is 8.77. The van der Waals surface area contributed by atoms with Gasteiger partial charge in [-0.1, -0.05) is 25.1 Å². The van der Waals surface area contributed by atoms with Crippen molar-refractivity contribution in [2.45, 2.75) is 19.8 Å². The third-order valence-electron chi connectivity index (χ3n) is 4.03. The van der Waals surface area contributed by atoms with Crippen molar-refractivity contribution in [3.05, 3.63) is 53.6 Å². The van der Waals surface area contributed by atoms with Crippen LogP contribution in [0.15, 0.2) is 42.5 Å². The summed E-state index contributed by atoms with van der Waals surface area (Å²) in [5.74, 6) is 1.43. The molecule has 150 valence electrons. The highest BCUT2D eigenvalue weighted by molar-refractivity contribution is 7.80.